The van der Waals surface area contributed by atoms with Crippen LogP contribution in [-0.2, 0) is 4.74 Å². The molecule has 1 nitrogen and oxygen atoms in total. The minimum Gasteiger partial charge on any atom is -0.474 e. The second-order valence-electron chi connectivity index (χ2n) is 3.20. The van der Waals surface area contributed by atoms with Crippen LogP contribution in [-0.4, -0.2) is 0 Å². The summed E-state index contributed by atoms with van der Waals surface area (Å²) in [7, 11) is 0. The maximum Gasteiger partial charge on any atom is 0.0829 e. The Morgan fingerprint density at radius 3 is 1.24 bits per heavy atom. The van der Waals surface area contributed by atoms with Crippen LogP contribution in [0.2, 0.25) is 0 Å². The molecule has 0 amide bonds. The third kappa shape index (κ3) is 4.85. The molecule has 2 aromatic rings. The fourth-order valence-electron chi connectivity index (χ4n) is 1.33. The molecule has 0 saturated carbocycles. The van der Waals surface area contributed by atoms with Crippen LogP contribution in [0.3, 0.4) is 0 Å². The van der Waals surface area contributed by atoms with Gasteiger partial charge in [0.1, 0.15) is 0 Å². The van der Waals surface area contributed by atoms with Gasteiger partial charge >= 0.3 is 0 Å². The zero-order valence-electron chi connectivity index (χ0n) is 9.75. The maximum atomic E-state index is 4.36. The van der Waals surface area contributed by atoms with Crippen LogP contribution in [0.25, 0.3) is 11.1 Å². The van der Waals surface area contributed by atoms with Crippen molar-refractivity contribution in [2.45, 2.75) is 0 Å². The summed E-state index contributed by atoms with van der Waals surface area (Å²) in [5.74, 6) is 0. The predicted octanol–water partition coefficient (Wildman–Crippen LogP) is 4.64. The molecular weight excluding hydrogens is 208 g/mol. The highest BCUT2D eigenvalue weighted by Crippen LogP contribution is 2.17. The Kier molecular flexibility index (Phi) is 5.97. The minimum absolute atomic E-state index is 1.28. The van der Waals surface area contributed by atoms with Gasteiger partial charge in [-0.05, 0) is 11.1 Å². The molecule has 0 aliphatic carbocycles. The summed E-state index contributed by atoms with van der Waals surface area (Å²) in [6.45, 7) is 6.51. The molecule has 86 valence electrons. The van der Waals surface area contributed by atoms with E-state index >= 15 is 0 Å². The molecule has 0 saturated heterocycles. The molecule has 0 aliphatic heterocycles. The predicted molar refractivity (Wildman–Crippen MR) is 73.4 cm³/mol. The van der Waals surface area contributed by atoms with Gasteiger partial charge in [0.25, 0.3) is 0 Å². The van der Waals surface area contributed by atoms with Gasteiger partial charge in [0.2, 0.25) is 0 Å². The smallest absolute Gasteiger partial charge is 0.0829 e. The Labute approximate surface area is 103 Å². The maximum absolute atomic E-state index is 4.36. The minimum atomic E-state index is 1.28. The number of ether oxygens (including phenoxy) is 1. The van der Waals surface area contributed by atoms with E-state index in [0.29, 0.717) is 0 Å². The third-order valence-corrected chi connectivity index (χ3v) is 2.07. The van der Waals surface area contributed by atoms with E-state index in [4.69, 9.17) is 0 Å². The van der Waals surface area contributed by atoms with Crippen LogP contribution in [0.15, 0.2) is 86.3 Å². The van der Waals surface area contributed by atoms with Gasteiger partial charge in [0.15, 0.2) is 0 Å². The molecule has 0 aliphatic rings. The van der Waals surface area contributed by atoms with Gasteiger partial charge < -0.3 is 4.74 Å². The van der Waals surface area contributed by atoms with Crippen molar-refractivity contribution in [3.63, 3.8) is 0 Å². The van der Waals surface area contributed by atoms with Gasteiger partial charge in [-0.3, -0.25) is 0 Å². The van der Waals surface area contributed by atoms with Crippen molar-refractivity contribution in [1.82, 2.24) is 0 Å². The Balaban J connectivity index is 0.000000249. The Bertz CT molecular complexity index is 388. The summed E-state index contributed by atoms with van der Waals surface area (Å²) in [6, 6.07) is 20.8. The molecule has 0 fully saturated rings. The first-order chi connectivity index (χ1) is 8.38. The van der Waals surface area contributed by atoms with Crippen molar-refractivity contribution in [1.29, 1.82) is 0 Å². The average molecular weight is 224 g/mol. The highest BCUT2D eigenvalue weighted by molar-refractivity contribution is 5.62. The quantitative estimate of drug-likeness (QED) is 0.690. The first kappa shape index (κ1) is 12.8. The number of hydrogen-bond donors (Lipinski definition) is 0. The molecule has 0 spiro atoms. The standard InChI is InChI=1S/C12H10.C4H6O/c1-3-7-11(8-4-1)12-9-5-2-6-10-12;1-3-5-4-2/h1-10H;3-4H,1-2H2. The zero-order valence-corrected chi connectivity index (χ0v) is 9.75. The largest absolute Gasteiger partial charge is 0.474 e. The molecule has 0 N–H and O–H groups in total. The second-order valence-corrected chi connectivity index (χ2v) is 3.20. The van der Waals surface area contributed by atoms with Crippen LogP contribution in [0.1, 0.15) is 0 Å². The summed E-state index contributed by atoms with van der Waals surface area (Å²) in [5, 5.41) is 0. The fraction of sp³-hybridized carbons (Fsp3) is 0. The SMILES string of the molecule is C=COC=C.c1ccc(-c2ccccc2)cc1. The van der Waals surface area contributed by atoms with Crippen molar-refractivity contribution in [3.8, 4) is 11.1 Å². The van der Waals surface area contributed by atoms with Gasteiger partial charge in [0.05, 0.1) is 12.5 Å². The molecular formula is C16H16O. The van der Waals surface area contributed by atoms with E-state index in [1.54, 1.807) is 0 Å². The Morgan fingerprint density at radius 2 is 1.00 bits per heavy atom. The monoisotopic (exact) mass is 224 g/mol. The lowest BCUT2D eigenvalue weighted by Gasteiger charge is -1.98. The molecule has 1 heteroatoms. The van der Waals surface area contributed by atoms with Crippen LogP contribution in [0.4, 0.5) is 0 Å². The first-order valence-electron chi connectivity index (χ1n) is 5.36. The molecule has 0 aromatic heterocycles. The normalized spacial score (nSPS) is 8.47. The molecule has 2 aromatic carbocycles. The van der Waals surface area contributed by atoms with E-state index in [1.165, 1.54) is 23.7 Å². The highest BCUT2D eigenvalue weighted by Gasteiger charge is 1.91. The number of rotatable bonds is 3. The van der Waals surface area contributed by atoms with Crippen molar-refractivity contribution in [3.05, 3.63) is 86.3 Å². The van der Waals surface area contributed by atoms with Crippen molar-refractivity contribution in [2.24, 2.45) is 0 Å². The zero-order chi connectivity index (χ0) is 12.3. The summed E-state index contributed by atoms with van der Waals surface area (Å²) in [4.78, 5) is 0. The Morgan fingerprint density at radius 1 is 0.647 bits per heavy atom. The number of hydrogen-bond acceptors (Lipinski definition) is 1. The summed E-state index contributed by atoms with van der Waals surface area (Å²) in [6.07, 6.45) is 2.62. The molecule has 0 atom stereocenters. The van der Waals surface area contributed by atoms with Crippen LogP contribution >= 0.6 is 0 Å². The van der Waals surface area contributed by atoms with E-state index in [0.717, 1.165) is 0 Å². The van der Waals surface area contributed by atoms with Crippen LogP contribution in [0, 0.1) is 0 Å². The van der Waals surface area contributed by atoms with E-state index < -0.39 is 0 Å². The van der Waals surface area contributed by atoms with Crippen LogP contribution < -0.4 is 0 Å². The van der Waals surface area contributed by atoms with E-state index in [2.05, 4.69) is 66.4 Å². The third-order valence-electron chi connectivity index (χ3n) is 2.07. The lowest BCUT2D eigenvalue weighted by Crippen LogP contribution is -1.73. The lowest BCUT2D eigenvalue weighted by molar-refractivity contribution is 0.406. The van der Waals surface area contributed by atoms with E-state index in [-0.39, 0.29) is 0 Å². The van der Waals surface area contributed by atoms with Gasteiger partial charge in [-0.1, -0.05) is 73.8 Å². The topological polar surface area (TPSA) is 9.23 Å². The van der Waals surface area contributed by atoms with Gasteiger partial charge in [-0.15, -0.1) is 0 Å². The van der Waals surface area contributed by atoms with Crippen molar-refractivity contribution >= 4 is 0 Å². The van der Waals surface area contributed by atoms with Gasteiger partial charge in [-0.25, -0.2) is 0 Å². The first-order valence-corrected chi connectivity index (χ1v) is 5.36. The molecule has 17 heavy (non-hydrogen) atoms. The van der Waals surface area contributed by atoms with Gasteiger partial charge in [-0.2, -0.15) is 0 Å². The van der Waals surface area contributed by atoms with E-state index in [1.807, 2.05) is 12.1 Å². The summed E-state index contributed by atoms with van der Waals surface area (Å²) < 4.78 is 4.36. The number of benzene rings is 2. The molecule has 2 rings (SSSR count). The Hall–Kier alpha value is -2.28. The molecule has 0 bridgehead atoms. The van der Waals surface area contributed by atoms with Crippen molar-refractivity contribution < 1.29 is 4.74 Å². The van der Waals surface area contributed by atoms with E-state index in [9.17, 15) is 0 Å². The lowest BCUT2D eigenvalue weighted by atomic mass is 10.1. The molecule has 0 unspecified atom stereocenters. The van der Waals surface area contributed by atoms with Crippen molar-refractivity contribution in [2.75, 3.05) is 0 Å². The fourth-order valence-corrected chi connectivity index (χ4v) is 1.33. The molecule has 0 heterocycles. The van der Waals surface area contributed by atoms with Crippen LogP contribution in [0.5, 0.6) is 0 Å². The molecule has 0 radical (unpaired) electrons. The summed E-state index contributed by atoms with van der Waals surface area (Å²) >= 11 is 0. The highest BCUT2D eigenvalue weighted by atomic mass is 16.5. The second kappa shape index (κ2) is 7.94. The summed E-state index contributed by atoms with van der Waals surface area (Å²) in [5.41, 5.74) is 2.55. The average Bonchev–Trinajstić information content (AvgIpc) is 2.42. The van der Waals surface area contributed by atoms with Gasteiger partial charge in [0, 0.05) is 0 Å².